The topological polar surface area (TPSA) is 67.4 Å². The molecule has 5 heteroatoms. The van der Waals surface area contributed by atoms with Crippen LogP contribution in [-0.2, 0) is 9.59 Å². The summed E-state index contributed by atoms with van der Waals surface area (Å²) >= 11 is 0. The van der Waals surface area contributed by atoms with Gasteiger partial charge in [-0.15, -0.1) is 0 Å². The molecule has 0 unspecified atom stereocenters. The van der Waals surface area contributed by atoms with Crippen LogP contribution >= 0.6 is 0 Å². The molecular weight excluding hydrogens is 292 g/mol. The third-order valence-corrected chi connectivity index (χ3v) is 3.28. The molecule has 1 aromatic rings. The van der Waals surface area contributed by atoms with Gasteiger partial charge in [-0.05, 0) is 37.0 Å². The van der Waals surface area contributed by atoms with Crippen molar-refractivity contribution in [3.05, 3.63) is 29.8 Å². The summed E-state index contributed by atoms with van der Waals surface area (Å²) in [5.74, 6) is 0.470. The molecule has 2 N–H and O–H groups in total. The normalized spacial score (nSPS) is 11.6. The molecule has 1 atom stereocenters. The predicted molar refractivity (Wildman–Crippen MR) is 91.3 cm³/mol. The molecular formula is C18H28N2O3. The van der Waals surface area contributed by atoms with Gasteiger partial charge in [0.05, 0.1) is 6.61 Å². The maximum atomic E-state index is 12.3. The van der Waals surface area contributed by atoms with E-state index in [1.54, 1.807) is 0 Å². The largest absolute Gasteiger partial charge is 0.494 e. The van der Waals surface area contributed by atoms with Gasteiger partial charge in [0.1, 0.15) is 11.8 Å². The highest BCUT2D eigenvalue weighted by Crippen LogP contribution is 2.19. The Kier molecular flexibility index (Phi) is 8.80. The van der Waals surface area contributed by atoms with E-state index in [0.29, 0.717) is 19.6 Å². The molecule has 0 radical (unpaired) electrons. The number of hydrogen-bond donors (Lipinski definition) is 2. The second-order valence-electron chi connectivity index (χ2n) is 5.46. The monoisotopic (exact) mass is 320 g/mol. The van der Waals surface area contributed by atoms with Crippen LogP contribution in [0.25, 0.3) is 0 Å². The average Bonchev–Trinajstić information content (AvgIpc) is 2.56. The average molecular weight is 320 g/mol. The highest BCUT2D eigenvalue weighted by molar-refractivity contribution is 5.88. The number of carbonyl (C=O) groups excluding carboxylic acids is 2. The van der Waals surface area contributed by atoms with Gasteiger partial charge in [-0.1, -0.05) is 32.9 Å². The maximum absolute atomic E-state index is 12.3. The Labute approximate surface area is 138 Å². The fourth-order valence-corrected chi connectivity index (χ4v) is 2.09. The number of amides is 2. The molecule has 5 nitrogen and oxygen atoms in total. The zero-order valence-electron chi connectivity index (χ0n) is 14.4. The van der Waals surface area contributed by atoms with E-state index in [9.17, 15) is 9.59 Å². The summed E-state index contributed by atoms with van der Waals surface area (Å²) in [5, 5.41) is 5.66. The Morgan fingerprint density at radius 2 is 1.74 bits per heavy atom. The summed E-state index contributed by atoms with van der Waals surface area (Å²) < 4.78 is 5.55. The zero-order chi connectivity index (χ0) is 17.1. The quantitative estimate of drug-likeness (QED) is 0.696. The summed E-state index contributed by atoms with van der Waals surface area (Å²) in [6, 6.07) is 6.65. The van der Waals surface area contributed by atoms with E-state index in [0.717, 1.165) is 30.6 Å². The molecule has 1 rings (SSSR count). The van der Waals surface area contributed by atoms with Crippen LogP contribution in [-0.4, -0.2) is 25.0 Å². The van der Waals surface area contributed by atoms with E-state index in [2.05, 4.69) is 10.6 Å². The van der Waals surface area contributed by atoms with E-state index in [4.69, 9.17) is 4.74 Å². The van der Waals surface area contributed by atoms with Crippen molar-refractivity contribution in [3.63, 3.8) is 0 Å². The van der Waals surface area contributed by atoms with Gasteiger partial charge >= 0.3 is 0 Å². The summed E-state index contributed by atoms with van der Waals surface area (Å²) in [6.45, 7) is 7.23. The van der Waals surface area contributed by atoms with Crippen molar-refractivity contribution in [2.75, 3.05) is 13.2 Å². The van der Waals surface area contributed by atoms with Gasteiger partial charge in [-0.2, -0.15) is 0 Å². The lowest BCUT2D eigenvalue weighted by Gasteiger charge is -2.19. The number of nitrogens with one attached hydrogen (secondary N) is 2. The molecule has 0 saturated carbocycles. The first-order chi connectivity index (χ1) is 11.1. The van der Waals surface area contributed by atoms with Crippen LogP contribution in [0.3, 0.4) is 0 Å². The molecule has 23 heavy (non-hydrogen) atoms. The molecule has 0 bridgehead atoms. The molecule has 0 spiro atoms. The predicted octanol–water partition coefficient (Wildman–Crippen LogP) is 2.96. The molecule has 0 heterocycles. The van der Waals surface area contributed by atoms with Crippen molar-refractivity contribution in [1.82, 2.24) is 10.6 Å². The Bertz CT molecular complexity index is 486. The van der Waals surface area contributed by atoms with Gasteiger partial charge in [-0.3, -0.25) is 9.59 Å². The standard InChI is InChI=1S/C18H28N2O3/c1-4-7-16(21)20-17(18(22)19-12-5-2)14-8-10-15(11-9-14)23-13-6-3/h8-11,17H,4-7,12-13H2,1-3H3,(H,19,22)(H,20,21)/t17-/m1/s1. The lowest BCUT2D eigenvalue weighted by molar-refractivity contribution is -0.129. The van der Waals surface area contributed by atoms with Crippen molar-refractivity contribution >= 4 is 11.8 Å². The molecule has 0 aliphatic carbocycles. The molecule has 0 aliphatic heterocycles. The first-order valence-corrected chi connectivity index (χ1v) is 8.42. The number of hydrogen-bond acceptors (Lipinski definition) is 3. The van der Waals surface area contributed by atoms with Gasteiger partial charge in [-0.25, -0.2) is 0 Å². The lowest BCUT2D eigenvalue weighted by atomic mass is 10.1. The van der Waals surface area contributed by atoms with Crippen molar-refractivity contribution in [2.24, 2.45) is 0 Å². The minimum Gasteiger partial charge on any atom is -0.494 e. The van der Waals surface area contributed by atoms with Gasteiger partial charge < -0.3 is 15.4 Å². The summed E-state index contributed by atoms with van der Waals surface area (Å²) in [4.78, 5) is 24.2. The third-order valence-electron chi connectivity index (χ3n) is 3.28. The van der Waals surface area contributed by atoms with Crippen LogP contribution in [0.4, 0.5) is 0 Å². The number of ether oxygens (including phenoxy) is 1. The van der Waals surface area contributed by atoms with Gasteiger partial charge in [0.2, 0.25) is 11.8 Å². The highest BCUT2D eigenvalue weighted by atomic mass is 16.5. The van der Waals surface area contributed by atoms with E-state index in [1.165, 1.54) is 0 Å². The number of carbonyl (C=O) groups is 2. The van der Waals surface area contributed by atoms with Crippen LogP contribution in [0, 0.1) is 0 Å². The van der Waals surface area contributed by atoms with Gasteiger partial charge in [0.15, 0.2) is 0 Å². The third kappa shape index (κ3) is 6.72. The Hall–Kier alpha value is -2.04. The maximum Gasteiger partial charge on any atom is 0.247 e. The van der Waals surface area contributed by atoms with Crippen LogP contribution in [0.15, 0.2) is 24.3 Å². The van der Waals surface area contributed by atoms with Gasteiger partial charge in [0, 0.05) is 13.0 Å². The molecule has 1 aromatic carbocycles. The van der Waals surface area contributed by atoms with E-state index >= 15 is 0 Å². The van der Waals surface area contributed by atoms with Crippen molar-refractivity contribution in [3.8, 4) is 5.75 Å². The van der Waals surface area contributed by atoms with Crippen LogP contribution in [0.5, 0.6) is 5.75 Å². The SMILES string of the molecule is CCCNC(=O)[C@H](NC(=O)CCC)c1ccc(OCCC)cc1. The summed E-state index contributed by atoms with van der Waals surface area (Å²) in [5.41, 5.74) is 0.756. The Morgan fingerprint density at radius 1 is 1.04 bits per heavy atom. The Morgan fingerprint density at radius 3 is 2.30 bits per heavy atom. The molecule has 2 amide bonds. The van der Waals surface area contributed by atoms with Crippen molar-refractivity contribution < 1.29 is 14.3 Å². The molecule has 128 valence electrons. The number of rotatable bonds is 10. The smallest absolute Gasteiger partial charge is 0.247 e. The first kappa shape index (κ1) is 19.0. The molecule has 0 aromatic heterocycles. The van der Waals surface area contributed by atoms with Crippen molar-refractivity contribution in [2.45, 2.75) is 52.5 Å². The second kappa shape index (κ2) is 10.6. The second-order valence-corrected chi connectivity index (χ2v) is 5.46. The van der Waals surface area contributed by atoms with E-state index in [1.807, 2.05) is 45.0 Å². The molecule has 0 aliphatic rings. The fourth-order valence-electron chi connectivity index (χ4n) is 2.09. The zero-order valence-corrected chi connectivity index (χ0v) is 14.4. The Balaban J connectivity index is 2.84. The molecule has 0 saturated heterocycles. The van der Waals surface area contributed by atoms with E-state index < -0.39 is 6.04 Å². The van der Waals surface area contributed by atoms with Crippen LogP contribution in [0.2, 0.25) is 0 Å². The highest BCUT2D eigenvalue weighted by Gasteiger charge is 2.22. The van der Waals surface area contributed by atoms with Crippen LogP contribution in [0.1, 0.15) is 58.1 Å². The number of benzene rings is 1. The fraction of sp³-hybridized carbons (Fsp3) is 0.556. The van der Waals surface area contributed by atoms with Crippen LogP contribution < -0.4 is 15.4 Å². The molecule has 0 fully saturated rings. The minimum absolute atomic E-state index is 0.115. The van der Waals surface area contributed by atoms with Gasteiger partial charge in [0.25, 0.3) is 0 Å². The summed E-state index contributed by atoms with van der Waals surface area (Å²) in [7, 11) is 0. The summed E-state index contributed by atoms with van der Waals surface area (Å²) in [6.07, 6.45) is 2.95. The van der Waals surface area contributed by atoms with Crippen molar-refractivity contribution in [1.29, 1.82) is 0 Å². The lowest BCUT2D eigenvalue weighted by Crippen LogP contribution is -2.40. The van der Waals surface area contributed by atoms with E-state index in [-0.39, 0.29) is 11.8 Å². The minimum atomic E-state index is -0.666. The first-order valence-electron chi connectivity index (χ1n) is 8.42.